The highest BCUT2D eigenvalue weighted by molar-refractivity contribution is 7.18. The van der Waals surface area contributed by atoms with Gasteiger partial charge in [-0.05, 0) is 31.9 Å². The summed E-state index contributed by atoms with van der Waals surface area (Å²) in [4.78, 5) is 18.0. The first-order valence-electron chi connectivity index (χ1n) is 7.21. The summed E-state index contributed by atoms with van der Waals surface area (Å²) in [7, 11) is 0. The zero-order valence-corrected chi connectivity index (χ0v) is 13.2. The number of piperidine rings is 1. The third kappa shape index (κ3) is 2.95. The molecule has 2 aromatic rings. The van der Waals surface area contributed by atoms with Crippen molar-refractivity contribution in [3.63, 3.8) is 0 Å². The molecule has 112 valence electrons. The molecule has 3 N–H and O–H groups in total. The van der Waals surface area contributed by atoms with Crippen LogP contribution in [-0.4, -0.2) is 30.0 Å². The topological polar surface area (TPSA) is 71.2 Å². The lowest BCUT2D eigenvalue weighted by molar-refractivity contribution is -0.119. The van der Waals surface area contributed by atoms with Gasteiger partial charge < -0.3 is 16.0 Å². The summed E-state index contributed by atoms with van der Waals surface area (Å²) in [5, 5.41) is 4.05. The van der Waals surface area contributed by atoms with Crippen molar-refractivity contribution in [1.29, 1.82) is 0 Å². The molecule has 5 nitrogen and oxygen atoms in total. The number of nitrogens with two attached hydrogens (primary N) is 1. The first-order chi connectivity index (χ1) is 10.0. The monoisotopic (exact) mass is 304 g/mol. The highest BCUT2D eigenvalue weighted by Gasteiger charge is 2.21. The Morgan fingerprint density at radius 2 is 2.14 bits per heavy atom. The molecule has 0 unspecified atom stereocenters. The number of benzene rings is 1. The maximum atomic E-state index is 11.1. The molecule has 0 aliphatic carbocycles. The molecular formula is C15H20N4OS. The maximum absolute atomic E-state index is 11.1. The number of anilines is 2. The van der Waals surface area contributed by atoms with E-state index in [1.54, 1.807) is 18.3 Å². The van der Waals surface area contributed by atoms with E-state index in [0.29, 0.717) is 0 Å². The number of amides is 1. The van der Waals surface area contributed by atoms with E-state index in [4.69, 9.17) is 5.73 Å². The van der Waals surface area contributed by atoms with Crippen LogP contribution in [0.5, 0.6) is 0 Å². The first kappa shape index (κ1) is 14.1. The largest absolute Gasteiger partial charge is 0.397 e. The number of aryl methyl sites for hydroxylation is 1. The minimum Gasteiger partial charge on any atom is -0.397 e. The van der Waals surface area contributed by atoms with Gasteiger partial charge in [0.1, 0.15) is 0 Å². The number of hydrogen-bond acceptors (Lipinski definition) is 5. The standard InChI is InChI=1S/C15H20N4OS/c1-9(20)17-11-3-5-19(6-4-11)14-8-13-15(7-12(14)16)21-10(2)18-13/h7-8,11H,3-6,16H2,1-2H3,(H,17,20). The first-order valence-corrected chi connectivity index (χ1v) is 8.03. The van der Waals surface area contributed by atoms with Crippen LogP contribution in [0.3, 0.4) is 0 Å². The molecule has 0 radical (unpaired) electrons. The van der Waals surface area contributed by atoms with Crippen molar-refractivity contribution in [3.8, 4) is 0 Å². The molecule has 3 rings (SSSR count). The molecule has 1 aromatic heterocycles. The molecule has 1 saturated heterocycles. The smallest absolute Gasteiger partial charge is 0.217 e. The van der Waals surface area contributed by atoms with Crippen molar-refractivity contribution in [1.82, 2.24) is 10.3 Å². The van der Waals surface area contributed by atoms with Gasteiger partial charge in [0.15, 0.2) is 0 Å². The van der Waals surface area contributed by atoms with Gasteiger partial charge in [-0.3, -0.25) is 4.79 Å². The second-order valence-electron chi connectivity index (χ2n) is 5.57. The number of carbonyl (C=O) groups excluding carboxylic acids is 1. The zero-order chi connectivity index (χ0) is 15.0. The number of thiazole rings is 1. The van der Waals surface area contributed by atoms with Crippen molar-refractivity contribution in [2.45, 2.75) is 32.7 Å². The Balaban J connectivity index is 1.78. The van der Waals surface area contributed by atoms with Gasteiger partial charge in [-0.25, -0.2) is 4.98 Å². The summed E-state index contributed by atoms with van der Waals surface area (Å²) in [6, 6.07) is 4.40. The van der Waals surface area contributed by atoms with Crippen molar-refractivity contribution in [3.05, 3.63) is 17.1 Å². The second kappa shape index (κ2) is 5.52. The summed E-state index contributed by atoms with van der Waals surface area (Å²) < 4.78 is 1.14. The number of aromatic nitrogens is 1. The lowest BCUT2D eigenvalue weighted by atomic mass is 10.0. The molecule has 2 heterocycles. The Labute approximate surface area is 128 Å². The highest BCUT2D eigenvalue weighted by Crippen LogP contribution is 2.33. The predicted octanol–water partition coefficient (Wildman–Crippen LogP) is 2.29. The Morgan fingerprint density at radius 1 is 1.43 bits per heavy atom. The fourth-order valence-electron chi connectivity index (χ4n) is 2.92. The van der Waals surface area contributed by atoms with E-state index < -0.39 is 0 Å². The van der Waals surface area contributed by atoms with Gasteiger partial charge in [-0.2, -0.15) is 0 Å². The number of carbonyl (C=O) groups is 1. The van der Waals surface area contributed by atoms with Crippen molar-refractivity contribution in [2.24, 2.45) is 0 Å². The van der Waals surface area contributed by atoms with E-state index in [9.17, 15) is 4.79 Å². The molecule has 21 heavy (non-hydrogen) atoms. The van der Waals surface area contributed by atoms with Crippen LogP contribution in [0.15, 0.2) is 12.1 Å². The normalized spacial score (nSPS) is 16.4. The summed E-state index contributed by atoms with van der Waals surface area (Å²) in [5.41, 5.74) is 9.10. The lowest BCUT2D eigenvalue weighted by Gasteiger charge is -2.34. The summed E-state index contributed by atoms with van der Waals surface area (Å²) in [6.45, 7) is 5.40. The second-order valence-corrected chi connectivity index (χ2v) is 6.81. The van der Waals surface area contributed by atoms with Crippen LogP contribution in [0.25, 0.3) is 10.2 Å². The SMILES string of the molecule is CC(=O)NC1CCN(c2cc3nc(C)sc3cc2N)CC1. The van der Waals surface area contributed by atoms with E-state index in [-0.39, 0.29) is 11.9 Å². The van der Waals surface area contributed by atoms with Gasteiger partial charge in [-0.15, -0.1) is 11.3 Å². The molecule has 1 aromatic carbocycles. The van der Waals surface area contributed by atoms with E-state index in [1.165, 1.54) is 0 Å². The molecule has 1 amide bonds. The highest BCUT2D eigenvalue weighted by atomic mass is 32.1. The molecule has 0 atom stereocenters. The van der Waals surface area contributed by atoms with E-state index in [1.807, 2.05) is 13.0 Å². The Kier molecular flexibility index (Phi) is 3.71. The van der Waals surface area contributed by atoms with Crippen molar-refractivity contribution >= 4 is 38.8 Å². The summed E-state index contributed by atoms with van der Waals surface area (Å²) >= 11 is 1.67. The van der Waals surface area contributed by atoms with Crippen LogP contribution < -0.4 is 16.0 Å². The average molecular weight is 304 g/mol. The van der Waals surface area contributed by atoms with E-state index in [2.05, 4.69) is 21.3 Å². The molecular weight excluding hydrogens is 284 g/mol. The molecule has 0 spiro atoms. The van der Waals surface area contributed by atoms with Crippen LogP contribution in [0, 0.1) is 6.92 Å². The summed E-state index contributed by atoms with van der Waals surface area (Å²) in [5.74, 6) is 0.0485. The van der Waals surface area contributed by atoms with Gasteiger partial charge >= 0.3 is 0 Å². The van der Waals surface area contributed by atoms with Gasteiger partial charge in [0.05, 0.1) is 26.6 Å². The number of fused-ring (bicyclic) bond motifs is 1. The van der Waals surface area contributed by atoms with Crippen LogP contribution >= 0.6 is 11.3 Å². The molecule has 1 fully saturated rings. The van der Waals surface area contributed by atoms with E-state index in [0.717, 1.165) is 52.5 Å². The van der Waals surface area contributed by atoms with Crippen molar-refractivity contribution < 1.29 is 4.79 Å². The third-order valence-electron chi connectivity index (χ3n) is 3.89. The quantitative estimate of drug-likeness (QED) is 0.835. The van der Waals surface area contributed by atoms with Crippen LogP contribution in [0.4, 0.5) is 11.4 Å². The van der Waals surface area contributed by atoms with Gasteiger partial charge in [-0.1, -0.05) is 0 Å². The number of nitrogens with zero attached hydrogens (tertiary/aromatic N) is 2. The average Bonchev–Trinajstić information content (AvgIpc) is 2.77. The Hall–Kier alpha value is -1.82. The fraction of sp³-hybridized carbons (Fsp3) is 0.467. The zero-order valence-electron chi connectivity index (χ0n) is 12.3. The lowest BCUT2D eigenvalue weighted by Crippen LogP contribution is -2.44. The molecule has 6 heteroatoms. The van der Waals surface area contributed by atoms with Gasteiger partial charge in [0.2, 0.25) is 5.91 Å². The number of rotatable bonds is 2. The third-order valence-corrected chi connectivity index (χ3v) is 4.82. The van der Waals surface area contributed by atoms with Crippen molar-refractivity contribution in [2.75, 3.05) is 23.7 Å². The Morgan fingerprint density at radius 3 is 2.81 bits per heavy atom. The number of hydrogen-bond donors (Lipinski definition) is 2. The Bertz CT molecular complexity index is 674. The minimum absolute atomic E-state index is 0.0485. The molecule has 1 aliphatic heterocycles. The van der Waals surface area contributed by atoms with Gasteiger partial charge in [0.25, 0.3) is 0 Å². The van der Waals surface area contributed by atoms with Gasteiger partial charge in [0, 0.05) is 26.1 Å². The fourth-order valence-corrected chi connectivity index (χ4v) is 3.78. The molecule has 0 bridgehead atoms. The van der Waals surface area contributed by atoms with E-state index >= 15 is 0 Å². The minimum atomic E-state index is 0.0485. The predicted molar refractivity (Wildman–Crippen MR) is 87.8 cm³/mol. The van der Waals surface area contributed by atoms with Crippen LogP contribution in [0.2, 0.25) is 0 Å². The van der Waals surface area contributed by atoms with Crippen LogP contribution in [0.1, 0.15) is 24.8 Å². The molecule has 0 saturated carbocycles. The van der Waals surface area contributed by atoms with Crippen LogP contribution in [-0.2, 0) is 4.79 Å². The summed E-state index contributed by atoms with van der Waals surface area (Å²) in [6.07, 6.45) is 1.90. The molecule has 1 aliphatic rings. The number of nitrogen functional groups attached to an aromatic ring is 1. The maximum Gasteiger partial charge on any atom is 0.217 e. The number of nitrogens with one attached hydrogen (secondary N) is 1.